The molecule has 108 valence electrons. The second-order valence-corrected chi connectivity index (χ2v) is 8.57. The van der Waals surface area contributed by atoms with E-state index in [9.17, 15) is 8.42 Å². The van der Waals surface area contributed by atoms with Gasteiger partial charge in [0.1, 0.15) is 0 Å². The Hall–Kier alpha value is 0.200. The van der Waals surface area contributed by atoms with Crippen molar-refractivity contribution in [2.75, 3.05) is 12.4 Å². The van der Waals surface area contributed by atoms with Crippen LogP contribution in [0.5, 0.6) is 0 Å². The summed E-state index contributed by atoms with van der Waals surface area (Å²) >= 11 is 0. The van der Waals surface area contributed by atoms with Crippen LogP contribution in [-0.2, 0) is 13.8 Å². The molecule has 18 heavy (non-hydrogen) atoms. The van der Waals surface area contributed by atoms with Crippen molar-refractivity contribution in [3.05, 3.63) is 0 Å². The third-order valence-electron chi connectivity index (χ3n) is 3.78. The molecule has 1 atom stereocenters. The first-order chi connectivity index (χ1) is 8.37. The molecule has 0 radical (unpaired) electrons. The number of hydrogen-bond acceptors (Lipinski definition) is 3. The number of halogens is 1. The van der Waals surface area contributed by atoms with E-state index in [0.717, 1.165) is 18.9 Å². The summed E-state index contributed by atoms with van der Waals surface area (Å²) in [6, 6.07) is 0. The summed E-state index contributed by atoms with van der Waals surface area (Å²) in [5, 5.41) is 0. The average molecular weight is 297 g/mol. The van der Waals surface area contributed by atoms with Crippen LogP contribution < -0.4 is 0 Å². The molecular formula is C13H25ClO3S. The van der Waals surface area contributed by atoms with Gasteiger partial charge in [0.25, 0.3) is 0 Å². The smallest absolute Gasteiger partial charge is 0.232 e. The van der Waals surface area contributed by atoms with Crippen LogP contribution in [0.3, 0.4) is 0 Å². The molecule has 1 rings (SSSR count). The minimum Gasteiger partial charge on any atom is -0.378 e. The second kappa shape index (κ2) is 7.71. The van der Waals surface area contributed by atoms with Crippen LogP contribution >= 0.6 is 10.7 Å². The van der Waals surface area contributed by atoms with Crippen molar-refractivity contribution in [1.29, 1.82) is 0 Å². The summed E-state index contributed by atoms with van der Waals surface area (Å²) in [5.74, 6) is 1.26. The molecule has 0 aromatic carbocycles. The highest BCUT2D eigenvalue weighted by Crippen LogP contribution is 2.25. The van der Waals surface area contributed by atoms with Gasteiger partial charge in [0.2, 0.25) is 9.05 Å². The molecule has 1 aliphatic rings. The van der Waals surface area contributed by atoms with E-state index in [1.165, 1.54) is 25.7 Å². The molecule has 5 heteroatoms. The molecule has 0 heterocycles. The first-order valence-corrected chi connectivity index (χ1v) is 9.38. The first kappa shape index (κ1) is 16.3. The van der Waals surface area contributed by atoms with Crippen LogP contribution in [0.1, 0.15) is 52.4 Å². The monoisotopic (exact) mass is 296 g/mol. The molecule has 1 fully saturated rings. The molecule has 0 spiro atoms. The summed E-state index contributed by atoms with van der Waals surface area (Å²) in [7, 11) is 1.85. The van der Waals surface area contributed by atoms with Crippen molar-refractivity contribution in [2.45, 2.75) is 58.5 Å². The molecule has 0 N–H and O–H groups in total. The lowest BCUT2D eigenvalue weighted by atomic mass is 9.89. The Bertz CT molecular complexity index is 321. The molecule has 1 saturated carbocycles. The normalized spacial score (nSPS) is 27.1. The maximum absolute atomic E-state index is 10.8. The van der Waals surface area contributed by atoms with Crippen LogP contribution in [0, 0.1) is 11.8 Å². The van der Waals surface area contributed by atoms with E-state index in [4.69, 9.17) is 15.4 Å². The van der Waals surface area contributed by atoms with Crippen LogP contribution in [-0.4, -0.2) is 26.9 Å². The van der Waals surface area contributed by atoms with Gasteiger partial charge in [0.05, 0.1) is 11.9 Å². The Kier molecular flexibility index (Phi) is 6.96. The van der Waals surface area contributed by atoms with Gasteiger partial charge < -0.3 is 4.74 Å². The lowest BCUT2D eigenvalue weighted by molar-refractivity contribution is 0.0139. The quantitative estimate of drug-likeness (QED) is 0.675. The van der Waals surface area contributed by atoms with Crippen molar-refractivity contribution >= 4 is 19.7 Å². The SMILES string of the molecule is CC1CCC(OCCC(C)CCS(=O)(=O)Cl)CC1. The highest BCUT2D eigenvalue weighted by atomic mass is 35.7. The van der Waals surface area contributed by atoms with Gasteiger partial charge in [-0.2, -0.15) is 0 Å². The second-order valence-electron chi connectivity index (χ2n) is 5.68. The zero-order valence-electron chi connectivity index (χ0n) is 11.4. The largest absolute Gasteiger partial charge is 0.378 e. The molecule has 1 unspecified atom stereocenters. The summed E-state index contributed by atoms with van der Waals surface area (Å²) < 4.78 is 27.5. The van der Waals surface area contributed by atoms with E-state index in [-0.39, 0.29) is 5.75 Å². The van der Waals surface area contributed by atoms with Crippen molar-refractivity contribution in [3.8, 4) is 0 Å². The number of ether oxygens (including phenoxy) is 1. The standard InChI is InChI=1S/C13H25ClO3S/c1-11-3-5-13(6-4-11)17-9-7-12(2)8-10-18(14,15)16/h11-13H,3-10H2,1-2H3. The fourth-order valence-electron chi connectivity index (χ4n) is 2.32. The van der Waals surface area contributed by atoms with E-state index < -0.39 is 9.05 Å². The highest BCUT2D eigenvalue weighted by Gasteiger charge is 2.18. The van der Waals surface area contributed by atoms with Gasteiger partial charge in [0, 0.05) is 17.3 Å². The molecule has 3 nitrogen and oxygen atoms in total. The predicted octanol–water partition coefficient (Wildman–Crippen LogP) is 3.57. The van der Waals surface area contributed by atoms with Gasteiger partial charge in [-0.1, -0.05) is 13.8 Å². The van der Waals surface area contributed by atoms with Gasteiger partial charge in [0.15, 0.2) is 0 Å². The Morgan fingerprint density at radius 2 is 1.83 bits per heavy atom. The fourth-order valence-corrected chi connectivity index (χ4v) is 3.27. The van der Waals surface area contributed by atoms with E-state index in [1.54, 1.807) is 0 Å². The molecule has 0 aromatic heterocycles. The van der Waals surface area contributed by atoms with Gasteiger partial charge >= 0.3 is 0 Å². The Morgan fingerprint density at radius 3 is 2.39 bits per heavy atom. The number of rotatable bonds is 7. The van der Waals surface area contributed by atoms with Crippen molar-refractivity contribution < 1.29 is 13.2 Å². The Balaban J connectivity index is 2.06. The highest BCUT2D eigenvalue weighted by molar-refractivity contribution is 8.13. The third-order valence-corrected chi connectivity index (χ3v) is 4.97. The van der Waals surface area contributed by atoms with Crippen molar-refractivity contribution in [1.82, 2.24) is 0 Å². The average Bonchev–Trinajstić information content (AvgIpc) is 2.28. The zero-order valence-corrected chi connectivity index (χ0v) is 13.0. The lowest BCUT2D eigenvalue weighted by Crippen LogP contribution is -2.21. The van der Waals surface area contributed by atoms with E-state index in [1.807, 2.05) is 6.92 Å². The van der Waals surface area contributed by atoms with E-state index >= 15 is 0 Å². The molecule has 0 amide bonds. The van der Waals surface area contributed by atoms with Crippen LogP contribution in [0.4, 0.5) is 0 Å². The zero-order chi connectivity index (χ0) is 13.6. The van der Waals surface area contributed by atoms with Gasteiger partial charge in [-0.3, -0.25) is 0 Å². The fraction of sp³-hybridized carbons (Fsp3) is 1.00. The molecule has 0 aliphatic heterocycles. The van der Waals surface area contributed by atoms with Crippen LogP contribution in [0.15, 0.2) is 0 Å². The molecule has 1 aliphatic carbocycles. The minimum atomic E-state index is -3.34. The van der Waals surface area contributed by atoms with Gasteiger partial charge in [-0.25, -0.2) is 8.42 Å². The maximum Gasteiger partial charge on any atom is 0.232 e. The first-order valence-electron chi connectivity index (χ1n) is 6.90. The predicted molar refractivity (Wildman–Crippen MR) is 75.4 cm³/mol. The topological polar surface area (TPSA) is 43.4 Å². The molecule has 0 bridgehead atoms. The molecule has 0 aromatic rings. The van der Waals surface area contributed by atoms with E-state index in [2.05, 4.69) is 6.92 Å². The van der Waals surface area contributed by atoms with Gasteiger partial charge in [-0.05, 0) is 50.4 Å². The third kappa shape index (κ3) is 7.59. The maximum atomic E-state index is 10.8. The summed E-state index contributed by atoms with van der Waals surface area (Å²) in [6.45, 7) is 5.09. The lowest BCUT2D eigenvalue weighted by Gasteiger charge is -2.26. The van der Waals surface area contributed by atoms with E-state index in [0.29, 0.717) is 18.4 Å². The van der Waals surface area contributed by atoms with Crippen LogP contribution in [0.25, 0.3) is 0 Å². The molecular weight excluding hydrogens is 272 g/mol. The van der Waals surface area contributed by atoms with Gasteiger partial charge in [-0.15, -0.1) is 0 Å². The summed E-state index contributed by atoms with van der Waals surface area (Å²) in [5.41, 5.74) is 0. The summed E-state index contributed by atoms with van der Waals surface area (Å²) in [4.78, 5) is 0. The minimum absolute atomic E-state index is 0.0661. The van der Waals surface area contributed by atoms with Crippen LogP contribution in [0.2, 0.25) is 0 Å². The number of hydrogen-bond donors (Lipinski definition) is 0. The molecule has 0 saturated heterocycles. The van der Waals surface area contributed by atoms with Crippen molar-refractivity contribution in [2.24, 2.45) is 11.8 Å². The Morgan fingerprint density at radius 1 is 1.22 bits per heavy atom. The Labute approximate surface area is 116 Å². The van der Waals surface area contributed by atoms with Crippen molar-refractivity contribution in [3.63, 3.8) is 0 Å². The summed E-state index contributed by atoms with van der Waals surface area (Å²) in [6.07, 6.45) is 6.84.